The molecule has 0 atom stereocenters. The minimum absolute atomic E-state index is 0.195. The standard InChI is InChI=1S/C17H11NO4S2/c19-15-14(24-17(23)18-15)9-10-2-1-3-13(8-10)22-12-6-4-11(5-7-12)16(20)21/h1-9H,(H,20,21)(H,18,19,23). The minimum Gasteiger partial charge on any atom is -0.478 e. The number of aromatic carboxylic acids is 1. The molecule has 0 unspecified atom stereocenters. The van der Waals surface area contributed by atoms with Crippen LogP contribution in [-0.2, 0) is 4.79 Å². The van der Waals surface area contributed by atoms with Gasteiger partial charge in [-0.05, 0) is 48.0 Å². The highest BCUT2D eigenvalue weighted by Crippen LogP contribution is 2.28. The molecule has 1 heterocycles. The van der Waals surface area contributed by atoms with Crippen LogP contribution >= 0.6 is 24.0 Å². The maximum atomic E-state index is 11.7. The van der Waals surface area contributed by atoms with Gasteiger partial charge in [0.05, 0.1) is 10.5 Å². The Labute approximate surface area is 147 Å². The van der Waals surface area contributed by atoms with Gasteiger partial charge < -0.3 is 15.2 Å². The van der Waals surface area contributed by atoms with E-state index in [0.29, 0.717) is 20.7 Å². The molecule has 0 radical (unpaired) electrons. The maximum Gasteiger partial charge on any atom is 0.335 e. The zero-order valence-electron chi connectivity index (χ0n) is 12.2. The summed E-state index contributed by atoms with van der Waals surface area (Å²) < 4.78 is 6.15. The van der Waals surface area contributed by atoms with E-state index in [0.717, 1.165) is 5.56 Å². The van der Waals surface area contributed by atoms with Gasteiger partial charge in [0.2, 0.25) is 0 Å². The zero-order chi connectivity index (χ0) is 17.1. The van der Waals surface area contributed by atoms with Crippen molar-refractivity contribution >= 4 is 46.3 Å². The molecule has 2 N–H and O–H groups in total. The number of rotatable bonds is 4. The lowest BCUT2D eigenvalue weighted by Gasteiger charge is -2.07. The van der Waals surface area contributed by atoms with Crippen molar-refractivity contribution in [2.75, 3.05) is 0 Å². The molecule has 0 aliphatic carbocycles. The van der Waals surface area contributed by atoms with Gasteiger partial charge in [-0.25, -0.2) is 4.79 Å². The van der Waals surface area contributed by atoms with Gasteiger partial charge in [0.1, 0.15) is 15.8 Å². The monoisotopic (exact) mass is 357 g/mol. The van der Waals surface area contributed by atoms with E-state index < -0.39 is 5.97 Å². The Balaban J connectivity index is 1.78. The Kier molecular flexibility index (Phi) is 4.64. The molecule has 0 bridgehead atoms. The SMILES string of the molecule is O=C1NC(=S)SC1=Cc1cccc(Oc2ccc(C(=O)O)cc2)c1. The Bertz CT molecular complexity index is 859. The second kappa shape index (κ2) is 6.86. The van der Waals surface area contributed by atoms with Crippen molar-refractivity contribution in [1.29, 1.82) is 0 Å². The molecule has 2 aromatic rings. The summed E-state index contributed by atoms with van der Waals surface area (Å²) >= 11 is 6.17. The highest BCUT2D eigenvalue weighted by atomic mass is 32.2. The van der Waals surface area contributed by atoms with Crippen molar-refractivity contribution in [2.24, 2.45) is 0 Å². The predicted molar refractivity (Wildman–Crippen MR) is 96.2 cm³/mol. The first-order valence-corrected chi connectivity index (χ1v) is 8.10. The quantitative estimate of drug-likeness (QED) is 0.642. The van der Waals surface area contributed by atoms with Crippen molar-refractivity contribution in [1.82, 2.24) is 5.32 Å². The van der Waals surface area contributed by atoms with Crippen molar-refractivity contribution in [2.45, 2.75) is 0 Å². The van der Waals surface area contributed by atoms with Gasteiger partial charge in [0, 0.05) is 0 Å². The van der Waals surface area contributed by atoms with Crippen LogP contribution in [0.15, 0.2) is 53.4 Å². The third-order valence-corrected chi connectivity index (χ3v) is 4.30. The van der Waals surface area contributed by atoms with Gasteiger partial charge in [0.15, 0.2) is 0 Å². The molecule has 120 valence electrons. The van der Waals surface area contributed by atoms with Crippen LogP contribution in [0.4, 0.5) is 0 Å². The molecule has 24 heavy (non-hydrogen) atoms. The van der Waals surface area contributed by atoms with Crippen molar-refractivity contribution in [3.63, 3.8) is 0 Å². The number of carbonyl (C=O) groups is 2. The Morgan fingerprint density at radius 2 is 1.92 bits per heavy atom. The van der Waals surface area contributed by atoms with Crippen molar-refractivity contribution in [3.8, 4) is 11.5 Å². The summed E-state index contributed by atoms with van der Waals surface area (Å²) in [4.78, 5) is 23.1. The van der Waals surface area contributed by atoms with Crippen molar-refractivity contribution < 1.29 is 19.4 Å². The summed E-state index contributed by atoms with van der Waals surface area (Å²) in [6.45, 7) is 0. The Morgan fingerprint density at radius 1 is 1.17 bits per heavy atom. The fraction of sp³-hybridized carbons (Fsp3) is 0. The number of carbonyl (C=O) groups excluding carboxylic acids is 1. The first kappa shape index (κ1) is 16.2. The van der Waals surface area contributed by atoms with E-state index >= 15 is 0 Å². The third-order valence-electron chi connectivity index (χ3n) is 3.13. The van der Waals surface area contributed by atoms with Gasteiger partial charge in [-0.2, -0.15) is 0 Å². The molecule has 1 fully saturated rings. The van der Waals surface area contributed by atoms with E-state index in [4.69, 9.17) is 22.1 Å². The highest BCUT2D eigenvalue weighted by molar-refractivity contribution is 8.26. The third kappa shape index (κ3) is 3.81. The molecule has 0 spiro atoms. The molecule has 0 aromatic heterocycles. The van der Waals surface area contributed by atoms with Gasteiger partial charge in [-0.15, -0.1) is 0 Å². The first-order valence-electron chi connectivity index (χ1n) is 6.87. The zero-order valence-corrected chi connectivity index (χ0v) is 13.8. The van der Waals surface area contributed by atoms with E-state index in [2.05, 4.69) is 5.32 Å². The fourth-order valence-electron chi connectivity index (χ4n) is 2.04. The number of hydrogen-bond acceptors (Lipinski definition) is 5. The van der Waals surface area contributed by atoms with E-state index in [-0.39, 0.29) is 11.5 Å². The van der Waals surface area contributed by atoms with Gasteiger partial charge >= 0.3 is 5.97 Å². The summed E-state index contributed by atoms with van der Waals surface area (Å²) in [7, 11) is 0. The molecule has 7 heteroatoms. The largest absolute Gasteiger partial charge is 0.478 e. The lowest BCUT2D eigenvalue weighted by atomic mass is 10.2. The number of benzene rings is 2. The summed E-state index contributed by atoms with van der Waals surface area (Å²) in [5, 5.41) is 11.5. The average molecular weight is 357 g/mol. The van der Waals surface area contributed by atoms with Crippen molar-refractivity contribution in [3.05, 3.63) is 64.6 Å². The number of nitrogens with one attached hydrogen (secondary N) is 1. The Hall–Kier alpha value is -2.64. The number of amides is 1. The van der Waals surface area contributed by atoms with Crippen LogP contribution in [0, 0.1) is 0 Å². The second-order valence-electron chi connectivity index (χ2n) is 4.86. The van der Waals surface area contributed by atoms with Gasteiger partial charge in [-0.3, -0.25) is 4.79 Å². The first-order chi connectivity index (χ1) is 11.5. The van der Waals surface area contributed by atoms with E-state index in [9.17, 15) is 9.59 Å². The summed E-state index contributed by atoms with van der Waals surface area (Å²) in [6.07, 6.45) is 1.74. The fourth-order valence-corrected chi connectivity index (χ4v) is 3.09. The van der Waals surface area contributed by atoms with Gasteiger partial charge in [-0.1, -0.05) is 36.1 Å². The normalized spacial score (nSPS) is 15.4. The molecular formula is C17H11NO4S2. The number of thiocarbonyl (C=S) groups is 1. The van der Waals surface area contributed by atoms with E-state index in [1.807, 2.05) is 12.1 Å². The number of carboxylic acids is 1. The van der Waals surface area contributed by atoms with Crippen LogP contribution in [0.2, 0.25) is 0 Å². The molecule has 0 saturated carbocycles. The molecule has 5 nitrogen and oxygen atoms in total. The lowest BCUT2D eigenvalue weighted by molar-refractivity contribution is -0.115. The average Bonchev–Trinajstić information content (AvgIpc) is 2.86. The molecular weight excluding hydrogens is 346 g/mol. The van der Waals surface area contributed by atoms with Crippen LogP contribution in [0.3, 0.4) is 0 Å². The van der Waals surface area contributed by atoms with Gasteiger partial charge in [0.25, 0.3) is 5.91 Å². The van der Waals surface area contributed by atoms with Crippen LogP contribution in [0.25, 0.3) is 6.08 Å². The molecule has 1 aliphatic rings. The summed E-state index contributed by atoms with van der Waals surface area (Å²) in [5.74, 6) is -0.0848. The smallest absolute Gasteiger partial charge is 0.335 e. The topological polar surface area (TPSA) is 75.6 Å². The minimum atomic E-state index is -0.986. The number of ether oxygens (including phenoxy) is 1. The highest BCUT2D eigenvalue weighted by Gasteiger charge is 2.21. The Morgan fingerprint density at radius 3 is 2.54 bits per heavy atom. The van der Waals surface area contributed by atoms with E-state index in [1.165, 1.54) is 23.9 Å². The van der Waals surface area contributed by atoms with Crippen LogP contribution < -0.4 is 10.1 Å². The lowest BCUT2D eigenvalue weighted by Crippen LogP contribution is -2.17. The summed E-state index contributed by atoms with van der Waals surface area (Å²) in [6, 6.07) is 13.4. The second-order valence-corrected chi connectivity index (χ2v) is 6.58. The van der Waals surface area contributed by atoms with Crippen LogP contribution in [0.5, 0.6) is 11.5 Å². The molecule has 1 saturated heterocycles. The van der Waals surface area contributed by atoms with Crippen LogP contribution in [-0.4, -0.2) is 21.3 Å². The molecule has 1 amide bonds. The summed E-state index contributed by atoms with van der Waals surface area (Å²) in [5.41, 5.74) is 0.998. The number of carboxylic acid groups (broad SMARTS) is 1. The van der Waals surface area contributed by atoms with E-state index in [1.54, 1.807) is 30.3 Å². The predicted octanol–water partition coefficient (Wildman–Crippen LogP) is 3.67. The molecule has 2 aromatic carbocycles. The molecule has 1 aliphatic heterocycles. The number of thioether (sulfide) groups is 1. The van der Waals surface area contributed by atoms with Crippen LogP contribution in [0.1, 0.15) is 15.9 Å². The molecule has 3 rings (SSSR count). The number of hydrogen-bond donors (Lipinski definition) is 2. The maximum absolute atomic E-state index is 11.7.